The molecule has 19 heavy (non-hydrogen) atoms. The quantitative estimate of drug-likeness (QED) is 0.704. The van der Waals surface area contributed by atoms with Crippen LogP contribution in [-0.2, 0) is 7.05 Å². The Morgan fingerprint density at radius 3 is 2.89 bits per heavy atom. The molecule has 0 atom stereocenters. The van der Waals surface area contributed by atoms with E-state index in [9.17, 15) is 5.11 Å². The zero-order chi connectivity index (χ0) is 13.4. The van der Waals surface area contributed by atoms with Crippen LogP contribution < -0.4 is 0 Å². The Balaban J connectivity index is 2.01. The molecule has 7 heteroatoms. The fourth-order valence-electron chi connectivity index (χ4n) is 1.66. The van der Waals surface area contributed by atoms with Crippen LogP contribution in [0.4, 0.5) is 0 Å². The highest BCUT2D eigenvalue weighted by Gasteiger charge is 2.13. The Morgan fingerprint density at radius 2 is 2.21 bits per heavy atom. The maximum atomic E-state index is 9.68. The molecule has 1 N–H and O–H groups in total. The van der Waals surface area contributed by atoms with Gasteiger partial charge in [-0.15, -0.1) is 0 Å². The lowest BCUT2D eigenvalue weighted by atomic mass is 10.2. The number of benzene rings is 1. The van der Waals surface area contributed by atoms with E-state index in [1.807, 2.05) is 13.1 Å². The molecular formula is C12H9IN4O2. The molecule has 0 amide bonds. The molecule has 0 radical (unpaired) electrons. The van der Waals surface area contributed by atoms with E-state index >= 15 is 0 Å². The van der Waals surface area contributed by atoms with Crippen LogP contribution in [0.3, 0.4) is 0 Å². The third-order valence-electron chi connectivity index (χ3n) is 2.66. The summed E-state index contributed by atoms with van der Waals surface area (Å²) < 4.78 is 7.79. The van der Waals surface area contributed by atoms with Gasteiger partial charge in [0, 0.05) is 12.6 Å². The predicted molar refractivity (Wildman–Crippen MR) is 76.3 cm³/mol. The first-order valence-electron chi connectivity index (χ1n) is 5.44. The first-order valence-corrected chi connectivity index (χ1v) is 6.52. The lowest BCUT2D eigenvalue weighted by Crippen LogP contribution is -1.90. The van der Waals surface area contributed by atoms with Gasteiger partial charge in [0.25, 0.3) is 5.89 Å². The van der Waals surface area contributed by atoms with E-state index in [2.05, 4.69) is 37.7 Å². The maximum Gasteiger partial charge on any atom is 0.258 e. The number of aromatic hydroxyl groups is 1. The van der Waals surface area contributed by atoms with Crippen molar-refractivity contribution >= 4 is 22.6 Å². The smallest absolute Gasteiger partial charge is 0.258 e. The Bertz CT molecular complexity index is 735. The third-order valence-corrected chi connectivity index (χ3v) is 3.58. The van der Waals surface area contributed by atoms with E-state index in [-0.39, 0.29) is 5.75 Å². The number of rotatable bonds is 2. The first kappa shape index (κ1) is 12.2. The molecule has 0 bridgehead atoms. The molecule has 2 aromatic heterocycles. The third kappa shape index (κ3) is 2.21. The SMILES string of the molecule is Cn1cncc1-c1noc(-c2ccc(I)c(O)c2)n1. The average Bonchev–Trinajstić information content (AvgIpc) is 3.01. The van der Waals surface area contributed by atoms with Crippen LogP contribution in [0.25, 0.3) is 23.0 Å². The highest BCUT2D eigenvalue weighted by Crippen LogP contribution is 2.27. The summed E-state index contributed by atoms with van der Waals surface area (Å²) in [5.41, 5.74) is 1.45. The van der Waals surface area contributed by atoms with Gasteiger partial charge in [0.15, 0.2) is 0 Å². The van der Waals surface area contributed by atoms with Gasteiger partial charge >= 0.3 is 0 Å². The van der Waals surface area contributed by atoms with E-state index in [1.165, 1.54) is 0 Å². The number of aromatic nitrogens is 4. The minimum absolute atomic E-state index is 0.193. The number of phenols is 1. The molecule has 2 heterocycles. The molecule has 0 saturated heterocycles. The van der Waals surface area contributed by atoms with Gasteiger partial charge in [-0.05, 0) is 40.8 Å². The molecule has 0 aliphatic carbocycles. The Labute approximate surface area is 122 Å². The van der Waals surface area contributed by atoms with E-state index in [0.717, 1.165) is 9.26 Å². The van der Waals surface area contributed by atoms with Crippen LogP contribution >= 0.6 is 22.6 Å². The van der Waals surface area contributed by atoms with Gasteiger partial charge in [-0.25, -0.2) is 4.98 Å². The van der Waals surface area contributed by atoms with Gasteiger partial charge < -0.3 is 14.2 Å². The number of hydrogen-bond acceptors (Lipinski definition) is 5. The highest BCUT2D eigenvalue weighted by atomic mass is 127. The summed E-state index contributed by atoms with van der Waals surface area (Å²) in [6.07, 6.45) is 3.34. The van der Waals surface area contributed by atoms with E-state index in [0.29, 0.717) is 17.3 Å². The summed E-state index contributed by atoms with van der Waals surface area (Å²) >= 11 is 2.05. The summed E-state index contributed by atoms with van der Waals surface area (Å²) in [5, 5.41) is 13.6. The number of phenolic OH excluding ortho intramolecular Hbond substituents is 1. The number of aryl methyl sites for hydroxylation is 1. The molecule has 0 fully saturated rings. The number of hydrogen-bond donors (Lipinski definition) is 1. The molecule has 0 saturated carbocycles. The largest absolute Gasteiger partial charge is 0.507 e. The molecule has 3 rings (SSSR count). The Morgan fingerprint density at radius 1 is 1.37 bits per heavy atom. The molecule has 0 unspecified atom stereocenters. The van der Waals surface area contributed by atoms with Crippen molar-refractivity contribution < 1.29 is 9.63 Å². The molecule has 6 nitrogen and oxygen atoms in total. The Hall–Kier alpha value is -1.90. The second-order valence-corrected chi connectivity index (χ2v) is 5.14. The van der Waals surface area contributed by atoms with Crippen molar-refractivity contribution in [1.29, 1.82) is 0 Å². The van der Waals surface area contributed by atoms with Crippen LogP contribution in [0.15, 0.2) is 35.2 Å². The summed E-state index contributed by atoms with van der Waals surface area (Å²) in [7, 11) is 1.86. The second kappa shape index (κ2) is 4.65. The number of halogens is 1. The molecule has 0 aliphatic heterocycles. The van der Waals surface area contributed by atoms with Crippen LogP contribution in [0.1, 0.15) is 0 Å². The van der Waals surface area contributed by atoms with Gasteiger partial charge in [-0.2, -0.15) is 4.98 Å². The standard InChI is InChI=1S/C12H9IN4O2/c1-17-6-14-5-9(17)11-15-12(19-16-11)7-2-3-8(13)10(18)4-7/h2-6,18H,1H3. The number of imidazole rings is 1. The molecule has 0 spiro atoms. The predicted octanol–water partition coefficient (Wildman–Crippen LogP) is 2.45. The zero-order valence-electron chi connectivity index (χ0n) is 9.91. The van der Waals surface area contributed by atoms with Crippen LogP contribution in [-0.4, -0.2) is 24.8 Å². The van der Waals surface area contributed by atoms with E-state index in [4.69, 9.17) is 4.52 Å². The van der Waals surface area contributed by atoms with Crippen molar-refractivity contribution in [1.82, 2.24) is 19.7 Å². The lowest BCUT2D eigenvalue weighted by molar-refractivity contribution is 0.431. The summed E-state index contributed by atoms with van der Waals surface area (Å²) in [5.74, 6) is 1.02. The lowest BCUT2D eigenvalue weighted by Gasteiger charge is -1.98. The van der Waals surface area contributed by atoms with Gasteiger partial charge in [0.1, 0.15) is 11.4 Å². The molecule has 96 valence electrons. The van der Waals surface area contributed by atoms with Gasteiger partial charge in [0.2, 0.25) is 5.82 Å². The minimum atomic E-state index is 0.193. The summed E-state index contributed by atoms with van der Waals surface area (Å²) in [4.78, 5) is 8.31. The average molecular weight is 368 g/mol. The van der Waals surface area contributed by atoms with Crippen molar-refractivity contribution in [3.8, 4) is 28.7 Å². The van der Waals surface area contributed by atoms with Crippen molar-refractivity contribution in [2.75, 3.05) is 0 Å². The fraction of sp³-hybridized carbons (Fsp3) is 0.0833. The van der Waals surface area contributed by atoms with Crippen molar-refractivity contribution in [3.63, 3.8) is 0 Å². The van der Waals surface area contributed by atoms with Crippen molar-refractivity contribution in [3.05, 3.63) is 34.3 Å². The summed E-state index contributed by atoms with van der Waals surface area (Å²) in [6.45, 7) is 0. The minimum Gasteiger partial charge on any atom is -0.507 e. The normalized spacial score (nSPS) is 10.8. The zero-order valence-corrected chi connectivity index (χ0v) is 12.1. The van der Waals surface area contributed by atoms with E-state index < -0.39 is 0 Å². The van der Waals surface area contributed by atoms with Crippen LogP contribution in [0.5, 0.6) is 5.75 Å². The fourth-order valence-corrected chi connectivity index (χ4v) is 2.00. The molecule has 1 aromatic carbocycles. The van der Waals surface area contributed by atoms with Gasteiger partial charge in [-0.1, -0.05) is 5.16 Å². The van der Waals surface area contributed by atoms with Crippen molar-refractivity contribution in [2.45, 2.75) is 0 Å². The molecule has 0 aliphatic rings. The van der Waals surface area contributed by atoms with Crippen LogP contribution in [0.2, 0.25) is 0 Å². The van der Waals surface area contributed by atoms with Gasteiger partial charge in [0.05, 0.1) is 16.1 Å². The molecule has 3 aromatic rings. The second-order valence-electron chi connectivity index (χ2n) is 3.98. The van der Waals surface area contributed by atoms with Gasteiger partial charge in [-0.3, -0.25) is 0 Å². The maximum absolute atomic E-state index is 9.68. The van der Waals surface area contributed by atoms with Crippen LogP contribution in [0, 0.1) is 3.57 Å². The topological polar surface area (TPSA) is 77.0 Å². The van der Waals surface area contributed by atoms with Crippen molar-refractivity contribution in [2.24, 2.45) is 7.05 Å². The highest BCUT2D eigenvalue weighted by molar-refractivity contribution is 14.1. The molecular weight excluding hydrogens is 359 g/mol. The monoisotopic (exact) mass is 368 g/mol. The first-order chi connectivity index (χ1) is 9.15. The number of nitrogens with zero attached hydrogens (tertiary/aromatic N) is 4. The summed E-state index contributed by atoms with van der Waals surface area (Å²) in [6, 6.07) is 5.21. The Kier molecular flexibility index (Phi) is 2.97. The van der Waals surface area contributed by atoms with E-state index in [1.54, 1.807) is 29.2 Å².